The van der Waals surface area contributed by atoms with Crippen LogP contribution < -0.4 is 5.32 Å². The predicted molar refractivity (Wildman–Crippen MR) is 144 cm³/mol. The first-order chi connectivity index (χ1) is 15.3. The van der Waals surface area contributed by atoms with Crippen molar-refractivity contribution in [3.63, 3.8) is 0 Å². The fourth-order valence-corrected chi connectivity index (χ4v) is 6.13. The molecule has 32 heavy (non-hydrogen) atoms. The van der Waals surface area contributed by atoms with Gasteiger partial charge < -0.3 is 19.2 Å². The van der Waals surface area contributed by atoms with E-state index in [1.54, 1.807) is 7.05 Å². The fraction of sp³-hybridized carbons (Fsp3) is 0.917. The summed E-state index contributed by atoms with van der Waals surface area (Å²) in [5, 5.41) is 2.95. The number of carbonyl (C=O) groups is 2. The van der Waals surface area contributed by atoms with Crippen LogP contribution in [0.15, 0.2) is 0 Å². The Morgan fingerprint density at radius 1 is 0.750 bits per heavy atom. The van der Waals surface area contributed by atoms with Crippen molar-refractivity contribution < 1.29 is 18.6 Å². The van der Waals surface area contributed by atoms with Crippen molar-refractivity contribution >= 4 is 34.0 Å². The number of carbonyl (C=O) groups excluding carboxylic acids is 2. The molecule has 0 aliphatic carbocycles. The Bertz CT molecular complexity index is 510. The minimum absolute atomic E-state index is 0.0503. The second-order valence-corrected chi connectivity index (χ2v) is 11.0. The quantitative estimate of drug-likeness (QED) is 0.269. The van der Waals surface area contributed by atoms with Gasteiger partial charge in [-0.2, -0.15) is 0 Å². The summed E-state index contributed by atoms with van der Waals surface area (Å²) >= 11 is 2.87. The maximum absolute atomic E-state index is 12.7. The van der Waals surface area contributed by atoms with E-state index >= 15 is 0 Å². The molecule has 1 unspecified atom stereocenters. The van der Waals surface area contributed by atoms with Crippen LogP contribution in [0.2, 0.25) is 0 Å². The summed E-state index contributed by atoms with van der Waals surface area (Å²) in [6.45, 7) is 20.9. The van der Waals surface area contributed by atoms with Gasteiger partial charge in [-0.05, 0) is 33.6 Å². The largest absolute Gasteiger partial charge is 0.350 e. The molecule has 0 spiro atoms. The van der Waals surface area contributed by atoms with Gasteiger partial charge in [0.25, 0.3) is 10.5 Å². The fourth-order valence-electron chi connectivity index (χ4n) is 4.36. The van der Waals surface area contributed by atoms with E-state index < -0.39 is 0 Å². The van der Waals surface area contributed by atoms with Crippen LogP contribution in [0.1, 0.15) is 60.3 Å². The van der Waals surface area contributed by atoms with E-state index in [0.29, 0.717) is 0 Å². The molecule has 0 aromatic rings. The molecule has 0 aromatic carbocycles. The summed E-state index contributed by atoms with van der Waals surface area (Å²) in [6.07, 6.45) is 4.55. The van der Waals surface area contributed by atoms with E-state index in [9.17, 15) is 9.59 Å². The van der Waals surface area contributed by atoms with Gasteiger partial charge in [-0.1, -0.05) is 43.8 Å². The lowest BCUT2D eigenvalue weighted by Crippen LogP contribution is -2.52. The van der Waals surface area contributed by atoms with Gasteiger partial charge in [0.2, 0.25) is 0 Å². The zero-order valence-corrected chi connectivity index (χ0v) is 23.7. The third-order valence-electron chi connectivity index (χ3n) is 6.93. The molecule has 0 radical (unpaired) electrons. The number of nitrogens with one attached hydrogen (secondary N) is 1. The number of nitrogens with zero attached hydrogens (tertiary/aromatic N) is 3. The molecule has 0 aliphatic heterocycles. The van der Waals surface area contributed by atoms with Crippen LogP contribution in [0.5, 0.6) is 0 Å². The zero-order chi connectivity index (χ0) is 24.5. The molecule has 6 nitrogen and oxygen atoms in total. The molecule has 1 N–H and O–H groups in total. The minimum Gasteiger partial charge on any atom is -0.350 e. The Morgan fingerprint density at radius 3 is 1.84 bits per heavy atom. The first-order valence-electron chi connectivity index (χ1n) is 12.7. The van der Waals surface area contributed by atoms with Crippen LogP contribution in [0, 0.1) is 0 Å². The average molecular weight is 493 g/mol. The monoisotopic (exact) mass is 492 g/mol. The molecule has 0 rings (SSSR count). The maximum Gasteiger partial charge on any atom is 0.281 e. The van der Waals surface area contributed by atoms with Crippen molar-refractivity contribution in [3.8, 4) is 0 Å². The Labute approximate surface area is 207 Å². The molecular formula is C24H52N4O2S2+2. The molecule has 0 bridgehead atoms. The van der Waals surface area contributed by atoms with E-state index in [1.165, 1.54) is 36.4 Å². The smallest absolute Gasteiger partial charge is 0.281 e. The molecule has 0 aromatic heterocycles. The number of rotatable bonds is 18. The summed E-state index contributed by atoms with van der Waals surface area (Å²) in [7, 11) is 3.63. The van der Waals surface area contributed by atoms with Gasteiger partial charge in [-0.25, -0.2) is 0 Å². The SMILES string of the molecule is CCCC[N+](CCC)(CCCN(C)C(=O)SCC[N+](CC)(CC)CC)CCSC(=O)NC. The minimum atomic E-state index is 0.0503. The summed E-state index contributed by atoms with van der Waals surface area (Å²) in [4.78, 5) is 26.2. The van der Waals surface area contributed by atoms with Crippen molar-refractivity contribution in [3.05, 3.63) is 0 Å². The van der Waals surface area contributed by atoms with Crippen molar-refractivity contribution in [1.82, 2.24) is 10.2 Å². The lowest BCUT2D eigenvalue weighted by Gasteiger charge is -2.39. The lowest BCUT2D eigenvalue weighted by atomic mass is 10.2. The molecule has 190 valence electrons. The Balaban J connectivity index is 4.71. The highest BCUT2D eigenvalue weighted by molar-refractivity contribution is 8.13. The van der Waals surface area contributed by atoms with Crippen molar-refractivity contribution in [2.45, 2.75) is 60.3 Å². The van der Waals surface area contributed by atoms with Crippen molar-refractivity contribution in [1.29, 1.82) is 0 Å². The molecule has 2 amide bonds. The molecular weight excluding hydrogens is 440 g/mol. The van der Waals surface area contributed by atoms with Gasteiger partial charge in [-0.3, -0.25) is 9.59 Å². The normalized spacial score (nSPS) is 13.6. The van der Waals surface area contributed by atoms with Crippen molar-refractivity contribution in [2.75, 3.05) is 84.5 Å². The molecule has 8 heteroatoms. The summed E-state index contributed by atoms with van der Waals surface area (Å²) in [5.41, 5.74) is 0. The maximum atomic E-state index is 12.7. The Morgan fingerprint density at radius 2 is 1.31 bits per heavy atom. The second kappa shape index (κ2) is 18.0. The number of thioether (sulfide) groups is 2. The Kier molecular flexibility index (Phi) is 17.7. The average Bonchev–Trinajstić information content (AvgIpc) is 2.80. The molecule has 0 heterocycles. The van der Waals surface area contributed by atoms with Crippen LogP contribution in [-0.2, 0) is 0 Å². The predicted octanol–water partition coefficient (Wildman–Crippen LogP) is 5.14. The first kappa shape index (κ1) is 31.6. The number of quaternary nitrogens is 2. The molecule has 0 saturated carbocycles. The second-order valence-electron chi connectivity index (χ2n) is 8.88. The van der Waals surface area contributed by atoms with Gasteiger partial charge in [-0.15, -0.1) is 0 Å². The van der Waals surface area contributed by atoms with Crippen molar-refractivity contribution in [2.24, 2.45) is 0 Å². The number of unbranched alkanes of at least 4 members (excludes halogenated alkanes) is 1. The van der Waals surface area contributed by atoms with Gasteiger partial charge >= 0.3 is 0 Å². The van der Waals surface area contributed by atoms with E-state index in [2.05, 4.69) is 39.9 Å². The standard InChI is InChI=1S/C24H51N4O2S2/c1-8-13-17-28(16-9-2,20-21-31-23(29)25-6)18-14-15-26(7)24(30)32-22-19-27(10-3,11-4)12-5/h8-22H2,1-7H3/q+1/p+1. The molecule has 0 fully saturated rings. The summed E-state index contributed by atoms with van der Waals surface area (Å²) < 4.78 is 2.15. The third-order valence-corrected chi connectivity index (χ3v) is 8.73. The highest BCUT2D eigenvalue weighted by Gasteiger charge is 2.26. The van der Waals surface area contributed by atoms with Crippen LogP contribution >= 0.6 is 23.5 Å². The third kappa shape index (κ3) is 12.1. The van der Waals surface area contributed by atoms with Gasteiger partial charge in [0.05, 0.1) is 63.9 Å². The first-order valence-corrected chi connectivity index (χ1v) is 14.7. The lowest BCUT2D eigenvalue weighted by molar-refractivity contribution is -0.926. The van der Waals surface area contributed by atoms with Gasteiger partial charge in [0.1, 0.15) is 0 Å². The molecule has 0 aliphatic rings. The number of amides is 2. The highest BCUT2D eigenvalue weighted by atomic mass is 32.2. The number of hydrogen-bond donors (Lipinski definition) is 1. The van der Waals surface area contributed by atoms with Crippen LogP contribution in [0.4, 0.5) is 9.59 Å². The molecule has 1 atom stereocenters. The Hall–Kier alpha value is -0.440. The van der Waals surface area contributed by atoms with Crippen LogP contribution in [-0.4, -0.2) is 109 Å². The summed E-state index contributed by atoms with van der Waals surface area (Å²) in [6, 6.07) is 0. The summed E-state index contributed by atoms with van der Waals surface area (Å²) in [5.74, 6) is 1.74. The van der Waals surface area contributed by atoms with Crippen LogP contribution in [0.25, 0.3) is 0 Å². The van der Waals surface area contributed by atoms with Gasteiger partial charge in [0.15, 0.2) is 0 Å². The number of hydrogen-bond acceptors (Lipinski definition) is 4. The zero-order valence-electron chi connectivity index (χ0n) is 22.1. The van der Waals surface area contributed by atoms with Gasteiger partial charge in [0, 0.05) is 27.1 Å². The molecule has 0 saturated heterocycles. The van der Waals surface area contributed by atoms with E-state index in [-0.39, 0.29) is 10.5 Å². The topological polar surface area (TPSA) is 49.4 Å². The highest BCUT2D eigenvalue weighted by Crippen LogP contribution is 2.17. The van der Waals surface area contributed by atoms with E-state index in [0.717, 1.165) is 92.2 Å². The van der Waals surface area contributed by atoms with E-state index in [4.69, 9.17) is 0 Å². The van der Waals surface area contributed by atoms with Crippen LogP contribution in [0.3, 0.4) is 0 Å². The van der Waals surface area contributed by atoms with E-state index in [1.807, 2.05) is 11.9 Å².